The molecule has 1 heterocycles. The Balaban J connectivity index is 2.29. The highest BCUT2D eigenvalue weighted by atomic mass is 19.2. The summed E-state index contributed by atoms with van der Waals surface area (Å²) in [4.78, 5) is 34.7. The van der Waals surface area contributed by atoms with Crippen LogP contribution in [0.5, 0.6) is 0 Å². The highest BCUT2D eigenvalue weighted by molar-refractivity contribution is 5.93. The monoisotopic (exact) mass is 363 g/mol. The number of benzene rings is 1. The molecule has 0 aliphatic carbocycles. The molecule has 2 aromatic rings. The summed E-state index contributed by atoms with van der Waals surface area (Å²) in [6, 6.07) is 5.27. The Labute approximate surface area is 148 Å². The minimum atomic E-state index is -1.09. The standard InChI is InChI=1S/C18H19F2N3O3/c1-3-21-18(26)14-6-7-15(25)23(10-14)9-13-5-4-12(8-22-11(2)24)16(19)17(13)20/h4-7,10H,3,8-9H2,1-2H3,(H,21,26)(H,22,24). The Morgan fingerprint density at radius 2 is 1.69 bits per heavy atom. The Morgan fingerprint density at radius 3 is 2.35 bits per heavy atom. The van der Waals surface area contributed by atoms with Crippen LogP contribution in [0.15, 0.2) is 35.3 Å². The van der Waals surface area contributed by atoms with Gasteiger partial charge in [0.05, 0.1) is 12.1 Å². The number of aromatic nitrogens is 1. The minimum Gasteiger partial charge on any atom is -0.352 e. The molecule has 2 amide bonds. The molecule has 0 spiro atoms. The molecule has 26 heavy (non-hydrogen) atoms. The summed E-state index contributed by atoms with van der Waals surface area (Å²) in [5.74, 6) is -2.89. The molecule has 0 saturated carbocycles. The minimum absolute atomic E-state index is 0.00451. The number of nitrogens with one attached hydrogen (secondary N) is 2. The molecule has 0 aliphatic heterocycles. The van der Waals surface area contributed by atoms with Crippen molar-refractivity contribution in [1.82, 2.24) is 15.2 Å². The summed E-state index contributed by atoms with van der Waals surface area (Å²) in [6.45, 7) is 3.10. The van der Waals surface area contributed by atoms with E-state index in [-0.39, 0.29) is 41.6 Å². The molecule has 0 atom stereocenters. The van der Waals surface area contributed by atoms with E-state index < -0.39 is 17.2 Å². The number of amides is 2. The lowest BCUT2D eigenvalue weighted by Gasteiger charge is -2.11. The normalized spacial score (nSPS) is 10.5. The van der Waals surface area contributed by atoms with Crippen LogP contribution in [-0.2, 0) is 17.9 Å². The summed E-state index contributed by atoms with van der Waals surface area (Å²) >= 11 is 0. The lowest BCUT2D eigenvalue weighted by atomic mass is 10.1. The molecule has 0 unspecified atom stereocenters. The predicted molar refractivity (Wildman–Crippen MR) is 91.7 cm³/mol. The first-order valence-corrected chi connectivity index (χ1v) is 8.02. The van der Waals surface area contributed by atoms with E-state index in [9.17, 15) is 23.2 Å². The van der Waals surface area contributed by atoms with Gasteiger partial charge in [-0.05, 0) is 13.0 Å². The van der Waals surface area contributed by atoms with Crippen LogP contribution < -0.4 is 16.2 Å². The van der Waals surface area contributed by atoms with Crippen molar-refractivity contribution in [2.24, 2.45) is 0 Å². The summed E-state index contributed by atoms with van der Waals surface area (Å²) in [5, 5.41) is 5.00. The fraction of sp³-hybridized carbons (Fsp3) is 0.278. The van der Waals surface area contributed by atoms with E-state index >= 15 is 0 Å². The molecule has 2 rings (SSSR count). The number of hydrogen-bond acceptors (Lipinski definition) is 3. The van der Waals surface area contributed by atoms with Crippen LogP contribution >= 0.6 is 0 Å². The maximum atomic E-state index is 14.3. The largest absolute Gasteiger partial charge is 0.352 e. The van der Waals surface area contributed by atoms with Gasteiger partial charge >= 0.3 is 0 Å². The third kappa shape index (κ3) is 4.53. The van der Waals surface area contributed by atoms with Crippen molar-refractivity contribution in [2.45, 2.75) is 26.9 Å². The van der Waals surface area contributed by atoms with E-state index in [2.05, 4.69) is 10.6 Å². The quantitative estimate of drug-likeness (QED) is 0.817. The number of rotatable bonds is 6. The molecule has 138 valence electrons. The highest BCUT2D eigenvalue weighted by Crippen LogP contribution is 2.17. The van der Waals surface area contributed by atoms with E-state index in [1.165, 1.54) is 37.4 Å². The fourth-order valence-electron chi connectivity index (χ4n) is 2.34. The zero-order chi connectivity index (χ0) is 19.3. The molecule has 6 nitrogen and oxygen atoms in total. The molecule has 1 aromatic carbocycles. The van der Waals surface area contributed by atoms with Gasteiger partial charge in [-0.15, -0.1) is 0 Å². The van der Waals surface area contributed by atoms with Crippen molar-refractivity contribution in [3.8, 4) is 0 Å². The van der Waals surface area contributed by atoms with Gasteiger partial charge in [0.2, 0.25) is 5.91 Å². The third-order valence-electron chi connectivity index (χ3n) is 3.69. The molecule has 1 aromatic heterocycles. The highest BCUT2D eigenvalue weighted by Gasteiger charge is 2.15. The molecule has 0 aliphatic rings. The Kier molecular flexibility index (Phi) is 6.21. The topological polar surface area (TPSA) is 80.2 Å². The van der Waals surface area contributed by atoms with Crippen molar-refractivity contribution in [2.75, 3.05) is 6.54 Å². The van der Waals surface area contributed by atoms with Crippen molar-refractivity contribution in [3.05, 3.63) is 69.1 Å². The molecular formula is C18H19F2N3O3. The van der Waals surface area contributed by atoms with Gasteiger partial charge in [0, 0.05) is 43.4 Å². The average Bonchev–Trinajstić information content (AvgIpc) is 2.60. The number of carbonyl (C=O) groups is 2. The maximum Gasteiger partial charge on any atom is 0.252 e. The van der Waals surface area contributed by atoms with Crippen molar-refractivity contribution < 1.29 is 18.4 Å². The van der Waals surface area contributed by atoms with Crippen LogP contribution in [0.25, 0.3) is 0 Å². The second-order valence-electron chi connectivity index (χ2n) is 5.66. The molecule has 2 N–H and O–H groups in total. The summed E-state index contributed by atoms with van der Waals surface area (Å²) in [5.41, 5.74) is -0.233. The summed E-state index contributed by atoms with van der Waals surface area (Å²) < 4.78 is 29.6. The SMILES string of the molecule is CCNC(=O)c1ccc(=O)n(Cc2ccc(CNC(C)=O)c(F)c2F)c1. The van der Waals surface area contributed by atoms with Gasteiger partial charge in [-0.1, -0.05) is 12.1 Å². The maximum absolute atomic E-state index is 14.3. The molecule has 0 bridgehead atoms. The van der Waals surface area contributed by atoms with Crippen LogP contribution in [0.4, 0.5) is 8.78 Å². The van der Waals surface area contributed by atoms with E-state index in [0.29, 0.717) is 6.54 Å². The predicted octanol–water partition coefficient (Wildman–Crippen LogP) is 1.56. The van der Waals surface area contributed by atoms with E-state index in [0.717, 1.165) is 4.57 Å². The number of hydrogen-bond donors (Lipinski definition) is 2. The number of nitrogens with zero attached hydrogens (tertiary/aromatic N) is 1. The van der Waals surface area contributed by atoms with Crippen LogP contribution in [-0.4, -0.2) is 22.9 Å². The van der Waals surface area contributed by atoms with Gasteiger partial charge in [-0.3, -0.25) is 14.4 Å². The summed E-state index contributed by atoms with van der Waals surface area (Å²) in [7, 11) is 0. The zero-order valence-corrected chi connectivity index (χ0v) is 14.4. The van der Waals surface area contributed by atoms with Gasteiger partial charge in [-0.2, -0.15) is 0 Å². The van der Waals surface area contributed by atoms with E-state index in [1.54, 1.807) is 6.92 Å². The van der Waals surface area contributed by atoms with Crippen LogP contribution in [0, 0.1) is 11.6 Å². The summed E-state index contributed by atoms with van der Waals surface area (Å²) in [6.07, 6.45) is 1.30. The van der Waals surface area contributed by atoms with E-state index in [4.69, 9.17) is 0 Å². The first kappa shape index (κ1) is 19.3. The number of pyridine rings is 1. The van der Waals surface area contributed by atoms with Crippen molar-refractivity contribution in [3.63, 3.8) is 0 Å². The second-order valence-corrected chi connectivity index (χ2v) is 5.66. The smallest absolute Gasteiger partial charge is 0.252 e. The second kappa shape index (κ2) is 8.37. The van der Waals surface area contributed by atoms with Gasteiger partial charge < -0.3 is 15.2 Å². The first-order chi connectivity index (χ1) is 12.3. The van der Waals surface area contributed by atoms with Gasteiger partial charge in [0.25, 0.3) is 11.5 Å². The first-order valence-electron chi connectivity index (χ1n) is 8.02. The average molecular weight is 363 g/mol. The number of halogens is 2. The zero-order valence-electron chi connectivity index (χ0n) is 14.4. The van der Waals surface area contributed by atoms with Gasteiger partial charge in [-0.25, -0.2) is 8.78 Å². The Bertz CT molecular complexity index is 894. The van der Waals surface area contributed by atoms with Crippen LogP contribution in [0.1, 0.15) is 35.3 Å². The van der Waals surface area contributed by atoms with Gasteiger partial charge in [0.15, 0.2) is 11.6 Å². The van der Waals surface area contributed by atoms with Crippen molar-refractivity contribution in [1.29, 1.82) is 0 Å². The Hall–Kier alpha value is -3.03. The lowest BCUT2D eigenvalue weighted by molar-refractivity contribution is -0.119. The fourth-order valence-corrected chi connectivity index (χ4v) is 2.34. The molecular weight excluding hydrogens is 344 g/mol. The Morgan fingerprint density at radius 1 is 1.04 bits per heavy atom. The van der Waals surface area contributed by atoms with Crippen LogP contribution in [0.3, 0.4) is 0 Å². The number of carbonyl (C=O) groups excluding carboxylic acids is 2. The molecule has 8 heteroatoms. The van der Waals surface area contributed by atoms with E-state index in [1.807, 2.05) is 0 Å². The van der Waals surface area contributed by atoms with Gasteiger partial charge in [0.1, 0.15) is 0 Å². The van der Waals surface area contributed by atoms with Crippen molar-refractivity contribution >= 4 is 11.8 Å². The molecule has 0 fully saturated rings. The third-order valence-corrected chi connectivity index (χ3v) is 3.69. The lowest BCUT2D eigenvalue weighted by Crippen LogP contribution is -2.27. The molecule has 0 saturated heterocycles. The van der Waals surface area contributed by atoms with Crippen LogP contribution in [0.2, 0.25) is 0 Å². The molecule has 0 radical (unpaired) electrons.